The van der Waals surface area contributed by atoms with Crippen molar-refractivity contribution in [3.63, 3.8) is 0 Å². The Bertz CT molecular complexity index is 926. The predicted octanol–water partition coefficient (Wildman–Crippen LogP) is 5.70. The first-order valence-electron chi connectivity index (χ1n) is 9.13. The van der Waals surface area contributed by atoms with Gasteiger partial charge in [-0.25, -0.2) is 0 Å². The minimum absolute atomic E-state index is 0. The van der Waals surface area contributed by atoms with Gasteiger partial charge in [-0.15, -0.1) is 71.8 Å². The van der Waals surface area contributed by atoms with Gasteiger partial charge in [0.1, 0.15) is 5.41 Å². The zero-order valence-corrected chi connectivity index (χ0v) is 18.0. The Morgan fingerprint density at radius 3 is 1.61 bits per heavy atom. The summed E-state index contributed by atoms with van der Waals surface area (Å²) in [6.07, 6.45) is 4.88. The fraction of sp³-hybridized carbons (Fsp3) is 0.217. The third-order valence-corrected chi connectivity index (χ3v) is 5.00. The summed E-state index contributed by atoms with van der Waals surface area (Å²) in [7, 11) is 0. The van der Waals surface area contributed by atoms with E-state index in [2.05, 4.69) is 26.0 Å². The van der Waals surface area contributed by atoms with Crippen LogP contribution in [-0.4, -0.2) is 9.97 Å². The topological polar surface area (TPSA) is 52.1 Å². The smallest absolute Gasteiger partial charge is 0.458 e. The molecule has 0 unspecified atom stereocenters. The second kappa shape index (κ2) is 8.70. The molecule has 5 heteroatoms. The van der Waals surface area contributed by atoms with Crippen LogP contribution in [0.3, 0.4) is 0 Å². The van der Waals surface area contributed by atoms with Crippen molar-refractivity contribution in [3.8, 4) is 22.5 Å². The van der Waals surface area contributed by atoms with Gasteiger partial charge in [0.2, 0.25) is 0 Å². The summed E-state index contributed by atoms with van der Waals surface area (Å²) in [6.45, 7) is 4.20. The maximum Gasteiger partial charge on any atom is 2.00 e. The average Bonchev–Trinajstić information content (AvgIpc) is 3.42. The van der Waals surface area contributed by atoms with Gasteiger partial charge in [0.15, 0.2) is 11.8 Å². The summed E-state index contributed by atoms with van der Waals surface area (Å²) in [5.74, 6) is 1.23. The molecule has 0 saturated carbocycles. The molecule has 0 atom stereocenters. The fourth-order valence-electron chi connectivity index (χ4n) is 3.29. The molecular weight excluding hydrogens is 531 g/mol. The molecule has 2 aromatic heterocycles. The van der Waals surface area contributed by atoms with E-state index >= 15 is 0 Å². The normalized spacial score (nSPS) is 11.2. The molecule has 0 spiro atoms. The molecule has 0 fully saturated rings. The van der Waals surface area contributed by atoms with Crippen LogP contribution in [0.25, 0.3) is 22.5 Å². The largest absolute Gasteiger partial charge is 2.00 e. The zero-order valence-electron chi connectivity index (χ0n) is 15.7. The maximum absolute atomic E-state index is 5.90. The van der Waals surface area contributed by atoms with E-state index in [1.807, 2.05) is 48.5 Å². The number of nitrogens with zero attached hydrogens (tertiary/aromatic N) is 2. The molecule has 0 aliphatic rings. The molecule has 0 aliphatic heterocycles. The number of aromatic nitrogens is 2. The molecule has 0 amide bonds. The van der Waals surface area contributed by atoms with E-state index < -0.39 is 5.41 Å². The van der Waals surface area contributed by atoms with Crippen LogP contribution in [0.4, 0.5) is 0 Å². The van der Waals surface area contributed by atoms with Crippen LogP contribution < -0.4 is 0 Å². The van der Waals surface area contributed by atoms with Crippen molar-refractivity contribution in [1.29, 1.82) is 0 Å². The molecule has 4 rings (SSSR count). The molecule has 0 aliphatic carbocycles. The minimum Gasteiger partial charge on any atom is -0.458 e. The van der Waals surface area contributed by atoms with Gasteiger partial charge >= 0.3 is 21.1 Å². The van der Waals surface area contributed by atoms with Crippen LogP contribution in [0.2, 0.25) is 0 Å². The van der Waals surface area contributed by atoms with Crippen molar-refractivity contribution in [2.75, 3.05) is 0 Å². The van der Waals surface area contributed by atoms with Crippen LogP contribution in [0, 0.1) is 12.1 Å². The van der Waals surface area contributed by atoms with Gasteiger partial charge in [-0.2, -0.15) is 0 Å². The van der Waals surface area contributed by atoms with Crippen molar-refractivity contribution in [2.24, 2.45) is 0 Å². The third kappa shape index (κ3) is 3.62. The Kier molecular flexibility index (Phi) is 6.31. The van der Waals surface area contributed by atoms with Crippen LogP contribution in [0.1, 0.15) is 38.5 Å². The molecule has 144 valence electrons. The first kappa shape index (κ1) is 20.3. The van der Waals surface area contributed by atoms with Crippen molar-refractivity contribution in [1.82, 2.24) is 9.97 Å². The van der Waals surface area contributed by atoms with Crippen molar-refractivity contribution < 1.29 is 29.9 Å². The number of hydrogen-bond donors (Lipinski definition) is 0. The van der Waals surface area contributed by atoms with E-state index in [1.165, 1.54) is 0 Å². The zero-order chi connectivity index (χ0) is 18.7. The molecule has 0 bridgehead atoms. The number of benzene rings is 2. The summed E-state index contributed by atoms with van der Waals surface area (Å²) in [4.78, 5) is 9.49. The maximum atomic E-state index is 5.90. The Hall–Kier alpha value is -2.45. The number of oxazole rings is 2. The van der Waals surface area contributed by atoms with Crippen LogP contribution >= 0.6 is 0 Å². The van der Waals surface area contributed by atoms with Crippen molar-refractivity contribution in [2.45, 2.75) is 32.1 Å². The molecule has 0 radical (unpaired) electrons. The molecule has 0 saturated heterocycles. The van der Waals surface area contributed by atoms with Crippen molar-refractivity contribution in [3.05, 3.63) is 85.0 Å². The van der Waals surface area contributed by atoms with E-state index in [0.29, 0.717) is 11.8 Å². The summed E-state index contributed by atoms with van der Waals surface area (Å²) < 4.78 is 11.8. The molecule has 2 aromatic carbocycles. The Morgan fingerprint density at radius 1 is 0.786 bits per heavy atom. The van der Waals surface area contributed by atoms with Crippen LogP contribution in [-0.2, 0) is 26.5 Å². The molecule has 0 N–H and O–H groups in total. The molecule has 4 aromatic rings. The van der Waals surface area contributed by atoms with Crippen molar-refractivity contribution >= 4 is 0 Å². The quantitative estimate of drug-likeness (QED) is 0.289. The summed E-state index contributed by atoms with van der Waals surface area (Å²) in [6, 6.07) is 21.8. The predicted molar refractivity (Wildman–Crippen MR) is 103 cm³/mol. The second-order valence-corrected chi connectivity index (χ2v) is 6.42. The number of rotatable bonds is 6. The van der Waals surface area contributed by atoms with Gasteiger partial charge in [0.05, 0.1) is 12.5 Å². The van der Waals surface area contributed by atoms with E-state index in [-0.39, 0.29) is 21.1 Å². The standard InChI is InChI=1S/C23H20N2O2.Pt/c1-3-23(4-2,21-24-19(15-26-21)17-11-7-5-8-12-17)22-25-20(16-27-22)18-13-9-6-10-14-18;/h5-11,13,15-16H,3-4H2,1-2H3;/q-2;+2. The molecule has 2 heterocycles. The Balaban J connectivity index is 0.00000225. The monoisotopic (exact) mass is 551 g/mol. The first-order chi connectivity index (χ1) is 13.3. The van der Waals surface area contributed by atoms with Crippen LogP contribution in [0.15, 0.2) is 69.9 Å². The Morgan fingerprint density at radius 2 is 1.25 bits per heavy atom. The first-order valence-corrected chi connectivity index (χ1v) is 9.13. The molecule has 4 nitrogen and oxygen atoms in total. The van der Waals surface area contributed by atoms with Gasteiger partial charge in [-0.05, 0) is 12.8 Å². The van der Waals surface area contributed by atoms with E-state index in [9.17, 15) is 0 Å². The third-order valence-electron chi connectivity index (χ3n) is 5.00. The average molecular weight is 552 g/mol. The van der Waals surface area contributed by atoms with Gasteiger partial charge in [-0.1, -0.05) is 13.8 Å². The molecular formula is C23H20N2O2Pt. The molecule has 28 heavy (non-hydrogen) atoms. The fourth-order valence-corrected chi connectivity index (χ4v) is 3.29. The van der Waals surface area contributed by atoms with E-state index in [1.54, 1.807) is 12.5 Å². The van der Waals surface area contributed by atoms with Crippen LogP contribution in [0.5, 0.6) is 0 Å². The minimum atomic E-state index is -0.514. The number of hydrogen-bond acceptors (Lipinski definition) is 4. The second-order valence-electron chi connectivity index (χ2n) is 6.42. The van der Waals surface area contributed by atoms with E-state index in [0.717, 1.165) is 35.4 Å². The Labute approximate surface area is 179 Å². The van der Waals surface area contributed by atoms with E-state index in [4.69, 9.17) is 18.8 Å². The van der Waals surface area contributed by atoms with Gasteiger partial charge in [0, 0.05) is 11.4 Å². The van der Waals surface area contributed by atoms with Gasteiger partial charge in [-0.3, -0.25) is 9.97 Å². The SMILES string of the molecule is CCC(CC)(c1nc(-c2[c-]cccc2)co1)c1nc(-c2[c-]cccc2)co1.[Pt+2]. The summed E-state index contributed by atoms with van der Waals surface area (Å²) in [5.41, 5.74) is 2.82. The summed E-state index contributed by atoms with van der Waals surface area (Å²) >= 11 is 0. The summed E-state index contributed by atoms with van der Waals surface area (Å²) in [5, 5.41) is 0. The van der Waals surface area contributed by atoms with Gasteiger partial charge < -0.3 is 8.83 Å². The van der Waals surface area contributed by atoms with Gasteiger partial charge in [0.25, 0.3) is 0 Å².